The van der Waals surface area contributed by atoms with Crippen LogP contribution in [0, 0.1) is 23.7 Å². The molecule has 0 amide bonds. The van der Waals surface area contributed by atoms with E-state index in [1.165, 1.54) is 0 Å². The van der Waals surface area contributed by atoms with Gasteiger partial charge in [-0.05, 0) is 23.7 Å². The summed E-state index contributed by atoms with van der Waals surface area (Å²) in [4.78, 5) is 0. The van der Waals surface area contributed by atoms with Crippen LogP contribution < -0.4 is 0 Å². The number of hydrogen-bond acceptors (Lipinski definition) is 1. The second-order valence-electron chi connectivity index (χ2n) is 3.42. The molecule has 1 aliphatic rings. The van der Waals surface area contributed by atoms with Crippen molar-refractivity contribution in [1.82, 2.24) is 0 Å². The Morgan fingerprint density at radius 2 is 1.44 bits per heavy atom. The predicted molar refractivity (Wildman–Crippen MR) is 38.1 cm³/mol. The largest absolute Gasteiger partial charge is 0.396 e. The summed E-state index contributed by atoms with van der Waals surface area (Å²) in [5.74, 6) is 2.89. The molecule has 0 radical (unpaired) electrons. The van der Waals surface area contributed by atoms with E-state index in [9.17, 15) is 0 Å². The topological polar surface area (TPSA) is 20.2 Å². The lowest BCUT2D eigenvalue weighted by atomic mass is 9.59. The van der Waals surface area contributed by atoms with Crippen LogP contribution in [0.1, 0.15) is 20.8 Å². The van der Waals surface area contributed by atoms with Crippen LogP contribution in [0.2, 0.25) is 0 Å². The van der Waals surface area contributed by atoms with Gasteiger partial charge in [-0.1, -0.05) is 20.8 Å². The zero-order chi connectivity index (χ0) is 7.02. The van der Waals surface area contributed by atoms with Gasteiger partial charge in [0.15, 0.2) is 0 Å². The van der Waals surface area contributed by atoms with E-state index in [0.29, 0.717) is 12.5 Å². The van der Waals surface area contributed by atoms with E-state index in [2.05, 4.69) is 20.8 Å². The van der Waals surface area contributed by atoms with E-state index in [1.807, 2.05) is 0 Å². The summed E-state index contributed by atoms with van der Waals surface area (Å²) in [6, 6.07) is 0. The fraction of sp³-hybridized carbons (Fsp3) is 1.00. The Morgan fingerprint density at radius 3 is 1.67 bits per heavy atom. The molecular weight excluding hydrogens is 112 g/mol. The Bertz CT molecular complexity index is 90.7. The minimum Gasteiger partial charge on any atom is -0.396 e. The molecule has 0 spiro atoms. The minimum absolute atomic E-state index is 0.382. The Balaban J connectivity index is 2.41. The molecule has 1 N–H and O–H groups in total. The third kappa shape index (κ3) is 0.877. The fourth-order valence-electron chi connectivity index (χ4n) is 1.92. The lowest BCUT2D eigenvalue weighted by molar-refractivity contribution is -0.0231. The molecule has 1 saturated carbocycles. The van der Waals surface area contributed by atoms with Crippen molar-refractivity contribution >= 4 is 0 Å². The normalized spacial score (nSPS) is 50.7. The second-order valence-corrected chi connectivity index (χ2v) is 3.42. The molecule has 4 atom stereocenters. The molecular formula is C8H16O. The van der Waals surface area contributed by atoms with Crippen LogP contribution in [0.3, 0.4) is 0 Å². The lowest BCUT2D eigenvalue weighted by Crippen LogP contribution is -2.43. The molecule has 0 aromatic rings. The third-order valence-corrected chi connectivity index (χ3v) is 3.22. The van der Waals surface area contributed by atoms with E-state index in [0.717, 1.165) is 17.8 Å². The minimum atomic E-state index is 0.382. The van der Waals surface area contributed by atoms with Crippen LogP contribution in [-0.4, -0.2) is 11.7 Å². The van der Waals surface area contributed by atoms with Crippen LogP contribution in [0.25, 0.3) is 0 Å². The highest BCUT2D eigenvalue weighted by Crippen LogP contribution is 2.44. The monoisotopic (exact) mass is 128 g/mol. The maximum absolute atomic E-state index is 8.84. The smallest absolute Gasteiger partial charge is 0.0464 e. The fourth-order valence-corrected chi connectivity index (χ4v) is 1.92. The molecule has 1 rings (SSSR count). The highest BCUT2D eigenvalue weighted by Gasteiger charge is 2.40. The molecule has 1 nitrogen and oxygen atoms in total. The molecule has 0 aliphatic heterocycles. The van der Waals surface area contributed by atoms with Gasteiger partial charge < -0.3 is 5.11 Å². The first-order valence-electron chi connectivity index (χ1n) is 3.79. The third-order valence-electron chi connectivity index (χ3n) is 3.22. The van der Waals surface area contributed by atoms with Crippen LogP contribution in [0.4, 0.5) is 0 Å². The van der Waals surface area contributed by atoms with Crippen molar-refractivity contribution < 1.29 is 5.11 Å². The molecule has 1 aliphatic carbocycles. The van der Waals surface area contributed by atoms with Crippen molar-refractivity contribution in [2.24, 2.45) is 23.7 Å². The molecule has 54 valence electrons. The van der Waals surface area contributed by atoms with Gasteiger partial charge in [0.2, 0.25) is 0 Å². The first kappa shape index (κ1) is 7.07. The van der Waals surface area contributed by atoms with Crippen molar-refractivity contribution in [3.63, 3.8) is 0 Å². The standard InChI is InChI=1S/C8H16O/c1-5-6(2)8(4-9)7(5)3/h5-9H,4H2,1-3H3/t5?,6-,7+,8?. The van der Waals surface area contributed by atoms with Crippen LogP contribution >= 0.6 is 0 Å². The quantitative estimate of drug-likeness (QED) is 0.567. The Labute approximate surface area is 57.1 Å². The number of rotatable bonds is 1. The highest BCUT2D eigenvalue weighted by molar-refractivity contribution is 4.89. The highest BCUT2D eigenvalue weighted by atomic mass is 16.3. The molecule has 0 saturated heterocycles. The van der Waals surface area contributed by atoms with E-state index < -0.39 is 0 Å². The lowest BCUT2D eigenvalue weighted by Gasteiger charge is -2.46. The van der Waals surface area contributed by atoms with Gasteiger partial charge in [-0.25, -0.2) is 0 Å². The summed E-state index contributed by atoms with van der Waals surface area (Å²) in [6.07, 6.45) is 0. The van der Waals surface area contributed by atoms with Gasteiger partial charge >= 0.3 is 0 Å². The van der Waals surface area contributed by atoms with E-state index in [4.69, 9.17) is 5.11 Å². The zero-order valence-electron chi connectivity index (χ0n) is 6.46. The molecule has 9 heavy (non-hydrogen) atoms. The summed E-state index contributed by atoms with van der Waals surface area (Å²) >= 11 is 0. The van der Waals surface area contributed by atoms with E-state index in [-0.39, 0.29) is 0 Å². The van der Waals surface area contributed by atoms with Gasteiger partial charge in [-0.15, -0.1) is 0 Å². The van der Waals surface area contributed by atoms with E-state index >= 15 is 0 Å². The maximum atomic E-state index is 8.84. The first-order chi connectivity index (χ1) is 4.18. The Morgan fingerprint density at radius 1 is 1.00 bits per heavy atom. The van der Waals surface area contributed by atoms with Crippen molar-refractivity contribution in [2.75, 3.05) is 6.61 Å². The van der Waals surface area contributed by atoms with Crippen LogP contribution in [0.15, 0.2) is 0 Å². The maximum Gasteiger partial charge on any atom is 0.0464 e. The van der Waals surface area contributed by atoms with Crippen molar-refractivity contribution in [2.45, 2.75) is 20.8 Å². The summed E-state index contributed by atoms with van der Waals surface area (Å²) in [7, 11) is 0. The van der Waals surface area contributed by atoms with E-state index in [1.54, 1.807) is 0 Å². The molecule has 1 heteroatoms. The average Bonchev–Trinajstić information content (AvgIpc) is 1.89. The Kier molecular flexibility index (Phi) is 1.80. The molecule has 0 bridgehead atoms. The van der Waals surface area contributed by atoms with Gasteiger partial charge in [0.1, 0.15) is 0 Å². The summed E-state index contributed by atoms with van der Waals surface area (Å²) in [5.41, 5.74) is 0. The van der Waals surface area contributed by atoms with Crippen molar-refractivity contribution in [3.8, 4) is 0 Å². The van der Waals surface area contributed by atoms with Crippen molar-refractivity contribution in [1.29, 1.82) is 0 Å². The molecule has 1 fully saturated rings. The summed E-state index contributed by atoms with van der Waals surface area (Å²) < 4.78 is 0. The first-order valence-corrected chi connectivity index (χ1v) is 3.79. The van der Waals surface area contributed by atoms with Gasteiger partial charge in [0, 0.05) is 6.61 Å². The van der Waals surface area contributed by atoms with Crippen molar-refractivity contribution in [3.05, 3.63) is 0 Å². The van der Waals surface area contributed by atoms with Gasteiger partial charge in [0.05, 0.1) is 0 Å². The molecule has 0 heterocycles. The van der Waals surface area contributed by atoms with Gasteiger partial charge in [0.25, 0.3) is 0 Å². The van der Waals surface area contributed by atoms with Gasteiger partial charge in [-0.2, -0.15) is 0 Å². The number of aliphatic hydroxyl groups excluding tert-OH is 1. The molecule has 0 aromatic carbocycles. The number of hydrogen-bond donors (Lipinski definition) is 1. The Hall–Kier alpha value is -0.0400. The van der Waals surface area contributed by atoms with Crippen LogP contribution in [-0.2, 0) is 0 Å². The molecule has 2 unspecified atom stereocenters. The zero-order valence-corrected chi connectivity index (χ0v) is 6.46. The van der Waals surface area contributed by atoms with Gasteiger partial charge in [-0.3, -0.25) is 0 Å². The SMILES string of the molecule is CC1[C@@H](C)C(CO)[C@H]1C. The van der Waals surface area contributed by atoms with Crippen LogP contribution in [0.5, 0.6) is 0 Å². The second kappa shape index (κ2) is 2.30. The molecule has 0 aromatic heterocycles. The predicted octanol–water partition coefficient (Wildman–Crippen LogP) is 1.52. The number of aliphatic hydroxyl groups is 1. The summed E-state index contributed by atoms with van der Waals surface area (Å²) in [5, 5.41) is 8.84. The average molecular weight is 128 g/mol. The summed E-state index contributed by atoms with van der Waals surface area (Å²) in [6.45, 7) is 7.10.